The van der Waals surface area contributed by atoms with Crippen molar-refractivity contribution in [2.45, 2.75) is 34.1 Å². The van der Waals surface area contributed by atoms with Gasteiger partial charge < -0.3 is 15.1 Å². The molecule has 0 aromatic carbocycles. The van der Waals surface area contributed by atoms with E-state index >= 15 is 0 Å². The molecule has 0 spiro atoms. The van der Waals surface area contributed by atoms with Gasteiger partial charge in [-0.25, -0.2) is 8.42 Å². The minimum Gasteiger partial charge on any atom is -0.357 e. The molecule has 0 unspecified atom stereocenters. The van der Waals surface area contributed by atoms with Crippen LogP contribution in [0.25, 0.3) is 0 Å². The highest BCUT2D eigenvalue weighted by Crippen LogP contribution is 2.21. The van der Waals surface area contributed by atoms with E-state index in [1.54, 1.807) is 6.92 Å². The number of amides is 1. The molecule has 0 aliphatic carbocycles. The molecule has 1 fully saturated rings. The summed E-state index contributed by atoms with van der Waals surface area (Å²) in [4.78, 5) is 20.1. The molecule has 0 radical (unpaired) electrons. The van der Waals surface area contributed by atoms with Gasteiger partial charge in [-0.15, -0.1) is 24.0 Å². The second-order valence-electron chi connectivity index (χ2n) is 7.21. The zero-order valence-electron chi connectivity index (χ0n) is 16.0. The Morgan fingerprint density at radius 1 is 1.16 bits per heavy atom. The molecule has 0 aromatic rings. The average Bonchev–Trinajstić information content (AvgIpc) is 2.49. The summed E-state index contributed by atoms with van der Waals surface area (Å²) in [6, 6.07) is 0. The van der Waals surface area contributed by atoms with E-state index in [1.165, 1.54) is 6.26 Å². The van der Waals surface area contributed by atoms with Gasteiger partial charge in [0.2, 0.25) is 5.91 Å². The number of carbonyl (C=O) groups excluding carboxylic acids is 1. The molecule has 1 aliphatic rings. The van der Waals surface area contributed by atoms with Crippen LogP contribution in [0.2, 0.25) is 0 Å². The van der Waals surface area contributed by atoms with Crippen molar-refractivity contribution in [3.05, 3.63) is 0 Å². The summed E-state index contributed by atoms with van der Waals surface area (Å²) in [5.74, 6) is 1.13. The minimum absolute atomic E-state index is 0. The number of piperazine rings is 1. The number of carbonyl (C=O) groups is 1. The lowest BCUT2D eigenvalue weighted by Crippen LogP contribution is -2.53. The number of hydrogen-bond donors (Lipinski definition) is 1. The number of sulfone groups is 1. The lowest BCUT2D eigenvalue weighted by Gasteiger charge is -2.36. The van der Waals surface area contributed by atoms with Crippen molar-refractivity contribution in [1.82, 2.24) is 15.1 Å². The van der Waals surface area contributed by atoms with Gasteiger partial charge in [0.25, 0.3) is 0 Å². The zero-order chi connectivity index (χ0) is 18.4. The minimum atomic E-state index is -2.95. The zero-order valence-corrected chi connectivity index (χ0v) is 19.2. The first-order valence-electron chi connectivity index (χ1n) is 8.50. The van der Waals surface area contributed by atoms with Crippen molar-refractivity contribution < 1.29 is 13.2 Å². The van der Waals surface area contributed by atoms with Crippen molar-refractivity contribution in [3.63, 3.8) is 0 Å². The number of guanidine groups is 1. The largest absolute Gasteiger partial charge is 0.357 e. The molecule has 1 saturated heterocycles. The van der Waals surface area contributed by atoms with E-state index in [0.29, 0.717) is 26.1 Å². The summed E-state index contributed by atoms with van der Waals surface area (Å²) < 4.78 is 22.7. The molecule has 0 atom stereocenters. The summed E-state index contributed by atoms with van der Waals surface area (Å²) in [6.07, 6.45) is 1.86. The Morgan fingerprint density at radius 3 is 2.12 bits per heavy atom. The summed E-state index contributed by atoms with van der Waals surface area (Å²) in [6.45, 7) is 12.0. The molecular weight excluding hydrogens is 455 g/mol. The normalized spacial score (nSPS) is 16.4. The molecule has 148 valence electrons. The van der Waals surface area contributed by atoms with Crippen LogP contribution >= 0.6 is 24.0 Å². The Morgan fingerprint density at radius 2 is 1.68 bits per heavy atom. The Hall–Kier alpha value is -0.580. The van der Waals surface area contributed by atoms with Gasteiger partial charge in [0.05, 0.1) is 5.75 Å². The third-order valence-corrected chi connectivity index (χ3v) is 5.11. The van der Waals surface area contributed by atoms with Crippen LogP contribution in [0.15, 0.2) is 4.99 Å². The van der Waals surface area contributed by atoms with E-state index in [0.717, 1.165) is 25.6 Å². The first kappa shape index (κ1) is 24.4. The second kappa shape index (κ2) is 10.5. The van der Waals surface area contributed by atoms with Crippen LogP contribution in [0, 0.1) is 5.41 Å². The molecule has 0 aromatic heterocycles. The highest BCUT2D eigenvalue weighted by Gasteiger charge is 2.23. The van der Waals surface area contributed by atoms with Crippen LogP contribution in [-0.2, 0) is 14.6 Å². The van der Waals surface area contributed by atoms with Gasteiger partial charge in [-0.05, 0) is 18.8 Å². The quantitative estimate of drug-likeness (QED) is 0.345. The summed E-state index contributed by atoms with van der Waals surface area (Å²) in [5.41, 5.74) is -0.176. The van der Waals surface area contributed by atoms with Crippen molar-refractivity contribution in [2.24, 2.45) is 10.4 Å². The molecule has 25 heavy (non-hydrogen) atoms. The maximum absolute atomic E-state index is 11.4. The smallest absolute Gasteiger partial charge is 0.219 e. The van der Waals surface area contributed by atoms with Gasteiger partial charge in [0.15, 0.2) is 5.96 Å². The molecule has 1 amide bonds. The SMILES string of the molecule is CCNC(=NCC(C)(C)CCS(C)(=O)=O)N1CCN(C(C)=O)CC1.I. The standard InChI is InChI=1S/C16H32N4O3S.HI/c1-6-17-15(20-10-8-19(9-11-20)14(2)21)18-13-16(3,4)7-12-24(5,22)23;/h6-13H2,1-5H3,(H,17,18);1H. The van der Waals surface area contributed by atoms with Gasteiger partial charge >= 0.3 is 0 Å². The van der Waals surface area contributed by atoms with E-state index in [-0.39, 0.29) is 41.1 Å². The number of halogens is 1. The highest BCUT2D eigenvalue weighted by molar-refractivity contribution is 14.0. The predicted octanol–water partition coefficient (Wildman–Crippen LogP) is 1.19. The molecule has 9 heteroatoms. The predicted molar refractivity (Wildman–Crippen MR) is 113 cm³/mol. The highest BCUT2D eigenvalue weighted by atomic mass is 127. The van der Waals surface area contributed by atoms with Crippen molar-refractivity contribution >= 4 is 45.7 Å². The van der Waals surface area contributed by atoms with E-state index in [1.807, 2.05) is 25.7 Å². The summed E-state index contributed by atoms with van der Waals surface area (Å²) >= 11 is 0. The Bertz CT molecular complexity index is 556. The number of nitrogens with zero attached hydrogens (tertiary/aromatic N) is 3. The molecule has 7 nitrogen and oxygen atoms in total. The molecule has 0 saturated carbocycles. The molecule has 1 N–H and O–H groups in total. The van der Waals surface area contributed by atoms with Crippen molar-refractivity contribution in [1.29, 1.82) is 0 Å². The first-order valence-corrected chi connectivity index (χ1v) is 10.6. The Balaban J connectivity index is 0.00000576. The Kier molecular flexibility index (Phi) is 10.3. The summed E-state index contributed by atoms with van der Waals surface area (Å²) in [7, 11) is -2.95. The van der Waals surface area contributed by atoms with Crippen LogP contribution in [0.5, 0.6) is 0 Å². The van der Waals surface area contributed by atoms with Gasteiger partial charge in [-0.3, -0.25) is 9.79 Å². The van der Waals surface area contributed by atoms with E-state index < -0.39 is 9.84 Å². The maximum Gasteiger partial charge on any atom is 0.219 e. The topological polar surface area (TPSA) is 82.1 Å². The molecule has 1 heterocycles. The molecular formula is C16H33IN4O3S. The van der Waals surface area contributed by atoms with Crippen LogP contribution in [0.4, 0.5) is 0 Å². The van der Waals surface area contributed by atoms with Gasteiger partial charge in [-0.1, -0.05) is 13.8 Å². The van der Waals surface area contributed by atoms with Crippen molar-refractivity contribution in [2.75, 3.05) is 51.3 Å². The number of hydrogen-bond acceptors (Lipinski definition) is 4. The second-order valence-corrected chi connectivity index (χ2v) is 9.47. The fourth-order valence-corrected chi connectivity index (χ4v) is 3.41. The monoisotopic (exact) mass is 488 g/mol. The molecule has 1 aliphatic heterocycles. The lowest BCUT2D eigenvalue weighted by atomic mass is 9.90. The van der Waals surface area contributed by atoms with Crippen LogP contribution < -0.4 is 5.32 Å². The van der Waals surface area contributed by atoms with Gasteiger partial charge in [0.1, 0.15) is 9.84 Å². The van der Waals surface area contributed by atoms with Crippen molar-refractivity contribution in [3.8, 4) is 0 Å². The van der Waals surface area contributed by atoms with Crippen LogP contribution in [-0.4, -0.2) is 81.4 Å². The fourth-order valence-electron chi connectivity index (χ4n) is 2.49. The third kappa shape index (κ3) is 9.62. The fraction of sp³-hybridized carbons (Fsp3) is 0.875. The molecule has 0 bridgehead atoms. The lowest BCUT2D eigenvalue weighted by molar-refractivity contribution is -0.130. The average molecular weight is 488 g/mol. The van der Waals surface area contributed by atoms with Crippen LogP contribution in [0.3, 0.4) is 0 Å². The van der Waals surface area contributed by atoms with Crippen LogP contribution in [0.1, 0.15) is 34.1 Å². The Labute approximate surface area is 169 Å². The number of rotatable bonds is 6. The maximum atomic E-state index is 11.4. The summed E-state index contributed by atoms with van der Waals surface area (Å²) in [5, 5.41) is 3.30. The number of nitrogens with one attached hydrogen (secondary N) is 1. The van der Waals surface area contributed by atoms with Gasteiger partial charge in [-0.2, -0.15) is 0 Å². The first-order chi connectivity index (χ1) is 11.0. The van der Waals surface area contributed by atoms with E-state index in [2.05, 4.69) is 10.2 Å². The van der Waals surface area contributed by atoms with E-state index in [4.69, 9.17) is 4.99 Å². The number of aliphatic imine (C=N–C) groups is 1. The molecule has 1 rings (SSSR count). The third-order valence-electron chi connectivity index (χ3n) is 4.17. The van der Waals surface area contributed by atoms with E-state index in [9.17, 15) is 13.2 Å². The van der Waals surface area contributed by atoms with Gasteiger partial charge in [0, 0.05) is 52.4 Å².